The predicted molar refractivity (Wildman–Crippen MR) is 68.8 cm³/mol. The molecule has 1 fully saturated rings. The van der Waals surface area contributed by atoms with Crippen LogP contribution in [0.25, 0.3) is 0 Å². The molecule has 1 aromatic carbocycles. The Kier molecular flexibility index (Phi) is 4.14. The summed E-state index contributed by atoms with van der Waals surface area (Å²) in [5.74, 6) is -1.55. The maximum Gasteiger partial charge on any atom is 0.239 e. The van der Waals surface area contributed by atoms with Crippen LogP contribution in [0.15, 0.2) is 18.2 Å². The molecule has 1 amide bonds. The Morgan fingerprint density at radius 1 is 1.32 bits per heavy atom. The molecule has 5 heteroatoms. The molecular formula is C14H18F2N2O. The fourth-order valence-corrected chi connectivity index (χ4v) is 2.49. The summed E-state index contributed by atoms with van der Waals surface area (Å²) in [5.41, 5.74) is 0.761. The minimum Gasteiger partial charge on any atom is -0.347 e. The van der Waals surface area contributed by atoms with Crippen LogP contribution in [-0.2, 0) is 4.79 Å². The number of piperidine rings is 1. The molecular weight excluding hydrogens is 250 g/mol. The van der Waals surface area contributed by atoms with Crippen molar-refractivity contribution in [2.75, 3.05) is 20.6 Å². The Morgan fingerprint density at radius 2 is 2.05 bits per heavy atom. The van der Waals surface area contributed by atoms with Crippen LogP contribution >= 0.6 is 0 Å². The lowest BCUT2D eigenvalue weighted by Crippen LogP contribution is -2.47. The number of hydrogen-bond acceptors (Lipinski definition) is 2. The molecule has 1 heterocycles. The van der Waals surface area contributed by atoms with Gasteiger partial charge in [0.15, 0.2) is 11.6 Å². The third kappa shape index (κ3) is 3.10. The molecule has 0 radical (unpaired) electrons. The highest BCUT2D eigenvalue weighted by Crippen LogP contribution is 2.29. The van der Waals surface area contributed by atoms with Crippen molar-refractivity contribution in [3.8, 4) is 0 Å². The normalized spacial score (nSPS) is 23.2. The first-order valence-electron chi connectivity index (χ1n) is 6.38. The van der Waals surface area contributed by atoms with E-state index >= 15 is 0 Å². The zero-order valence-corrected chi connectivity index (χ0v) is 11.1. The molecule has 104 valence electrons. The second-order valence-corrected chi connectivity index (χ2v) is 5.13. The van der Waals surface area contributed by atoms with E-state index in [-0.39, 0.29) is 17.9 Å². The molecule has 1 saturated heterocycles. The first-order chi connectivity index (χ1) is 8.99. The fraction of sp³-hybridized carbons (Fsp3) is 0.500. The zero-order valence-electron chi connectivity index (χ0n) is 11.1. The molecule has 1 aliphatic heterocycles. The monoisotopic (exact) mass is 268 g/mol. The lowest BCUT2D eigenvalue weighted by atomic mass is 9.86. The van der Waals surface area contributed by atoms with E-state index in [2.05, 4.69) is 5.32 Å². The standard InChI is InChI=1S/C14H18F2N2O/c1-18(2)14(19)13-8-10(5-6-17-13)9-3-4-11(15)12(16)7-9/h3-4,7,10,13,17H,5-6,8H2,1-2H3. The van der Waals surface area contributed by atoms with Gasteiger partial charge < -0.3 is 10.2 Å². The number of carbonyl (C=O) groups is 1. The Labute approximate surface area is 111 Å². The van der Waals surface area contributed by atoms with Crippen molar-refractivity contribution >= 4 is 5.91 Å². The van der Waals surface area contributed by atoms with Crippen LogP contribution in [0.4, 0.5) is 8.78 Å². The van der Waals surface area contributed by atoms with E-state index in [4.69, 9.17) is 0 Å². The number of halogens is 2. The van der Waals surface area contributed by atoms with Gasteiger partial charge in [-0.2, -0.15) is 0 Å². The highest BCUT2D eigenvalue weighted by Gasteiger charge is 2.28. The molecule has 0 aromatic heterocycles. The summed E-state index contributed by atoms with van der Waals surface area (Å²) >= 11 is 0. The summed E-state index contributed by atoms with van der Waals surface area (Å²) in [4.78, 5) is 13.5. The van der Waals surface area contributed by atoms with Crippen molar-refractivity contribution in [2.24, 2.45) is 0 Å². The summed E-state index contributed by atoms with van der Waals surface area (Å²) in [5, 5.41) is 3.17. The smallest absolute Gasteiger partial charge is 0.239 e. The number of rotatable bonds is 2. The molecule has 0 spiro atoms. The third-order valence-corrected chi connectivity index (χ3v) is 3.56. The SMILES string of the molecule is CN(C)C(=O)C1CC(c2ccc(F)c(F)c2)CCN1. The van der Waals surface area contributed by atoms with Crippen LogP contribution in [0.2, 0.25) is 0 Å². The average Bonchev–Trinajstić information content (AvgIpc) is 2.41. The van der Waals surface area contributed by atoms with E-state index in [1.807, 2.05) is 0 Å². The van der Waals surface area contributed by atoms with Crippen molar-refractivity contribution in [1.29, 1.82) is 0 Å². The van der Waals surface area contributed by atoms with Crippen LogP contribution in [-0.4, -0.2) is 37.5 Å². The Morgan fingerprint density at radius 3 is 2.68 bits per heavy atom. The van der Waals surface area contributed by atoms with Crippen molar-refractivity contribution in [3.05, 3.63) is 35.4 Å². The maximum atomic E-state index is 13.3. The molecule has 2 atom stereocenters. The van der Waals surface area contributed by atoms with E-state index in [1.54, 1.807) is 25.1 Å². The zero-order chi connectivity index (χ0) is 14.0. The van der Waals surface area contributed by atoms with Crippen molar-refractivity contribution in [1.82, 2.24) is 10.2 Å². The first-order valence-corrected chi connectivity index (χ1v) is 6.38. The Hall–Kier alpha value is -1.49. The number of nitrogens with zero attached hydrogens (tertiary/aromatic N) is 1. The molecule has 0 saturated carbocycles. The molecule has 0 bridgehead atoms. The molecule has 19 heavy (non-hydrogen) atoms. The second-order valence-electron chi connectivity index (χ2n) is 5.13. The van der Waals surface area contributed by atoms with Gasteiger partial charge in [-0.3, -0.25) is 4.79 Å². The minimum atomic E-state index is -0.835. The lowest BCUT2D eigenvalue weighted by molar-refractivity contribution is -0.131. The average molecular weight is 268 g/mol. The molecule has 2 unspecified atom stereocenters. The predicted octanol–water partition coefficient (Wildman–Crippen LogP) is 1.89. The van der Waals surface area contributed by atoms with E-state index in [0.29, 0.717) is 13.0 Å². The topological polar surface area (TPSA) is 32.3 Å². The summed E-state index contributed by atoms with van der Waals surface area (Å²) < 4.78 is 26.2. The number of amides is 1. The highest BCUT2D eigenvalue weighted by atomic mass is 19.2. The van der Waals surface area contributed by atoms with Gasteiger partial charge in [0.2, 0.25) is 5.91 Å². The molecule has 0 aliphatic carbocycles. The van der Waals surface area contributed by atoms with Crippen molar-refractivity contribution < 1.29 is 13.6 Å². The van der Waals surface area contributed by atoms with Gasteiger partial charge in [0.05, 0.1) is 6.04 Å². The number of carbonyl (C=O) groups excluding carboxylic acids is 1. The quantitative estimate of drug-likeness (QED) is 0.888. The number of likely N-dealkylation sites (N-methyl/N-ethyl adjacent to an activating group) is 1. The van der Waals surface area contributed by atoms with E-state index in [0.717, 1.165) is 18.1 Å². The van der Waals surface area contributed by atoms with E-state index < -0.39 is 11.6 Å². The number of nitrogens with one attached hydrogen (secondary N) is 1. The van der Waals surface area contributed by atoms with Gasteiger partial charge in [-0.25, -0.2) is 8.78 Å². The molecule has 1 aromatic rings. The largest absolute Gasteiger partial charge is 0.347 e. The Bertz CT molecular complexity index is 477. The summed E-state index contributed by atoms with van der Waals surface area (Å²) in [6.45, 7) is 0.702. The number of benzene rings is 1. The highest BCUT2D eigenvalue weighted by molar-refractivity contribution is 5.81. The second kappa shape index (κ2) is 5.65. The summed E-state index contributed by atoms with van der Waals surface area (Å²) in [6, 6.07) is 3.74. The van der Waals surface area contributed by atoms with Crippen molar-refractivity contribution in [3.63, 3.8) is 0 Å². The minimum absolute atomic E-state index is 0.0206. The lowest BCUT2D eigenvalue weighted by Gasteiger charge is -2.31. The van der Waals surface area contributed by atoms with Gasteiger partial charge in [-0.1, -0.05) is 6.07 Å². The van der Waals surface area contributed by atoms with Crippen LogP contribution in [0.3, 0.4) is 0 Å². The maximum absolute atomic E-state index is 13.3. The van der Waals surface area contributed by atoms with Crippen LogP contribution in [0, 0.1) is 11.6 Å². The fourth-order valence-electron chi connectivity index (χ4n) is 2.49. The Balaban J connectivity index is 2.12. The van der Waals surface area contributed by atoms with Gasteiger partial charge in [0.1, 0.15) is 0 Å². The molecule has 1 aliphatic rings. The van der Waals surface area contributed by atoms with E-state index in [1.165, 1.54) is 6.07 Å². The summed E-state index contributed by atoms with van der Waals surface area (Å²) in [6.07, 6.45) is 1.43. The van der Waals surface area contributed by atoms with Gasteiger partial charge in [-0.05, 0) is 43.0 Å². The summed E-state index contributed by atoms with van der Waals surface area (Å²) in [7, 11) is 3.43. The van der Waals surface area contributed by atoms with Gasteiger partial charge in [0.25, 0.3) is 0 Å². The van der Waals surface area contributed by atoms with Gasteiger partial charge in [-0.15, -0.1) is 0 Å². The third-order valence-electron chi connectivity index (χ3n) is 3.56. The van der Waals surface area contributed by atoms with Gasteiger partial charge in [0, 0.05) is 14.1 Å². The number of hydrogen-bond donors (Lipinski definition) is 1. The van der Waals surface area contributed by atoms with E-state index in [9.17, 15) is 13.6 Å². The van der Waals surface area contributed by atoms with Gasteiger partial charge >= 0.3 is 0 Å². The molecule has 1 N–H and O–H groups in total. The van der Waals surface area contributed by atoms with Crippen LogP contribution in [0.1, 0.15) is 24.3 Å². The van der Waals surface area contributed by atoms with Crippen LogP contribution < -0.4 is 5.32 Å². The van der Waals surface area contributed by atoms with Crippen molar-refractivity contribution in [2.45, 2.75) is 24.8 Å². The molecule has 3 nitrogen and oxygen atoms in total. The van der Waals surface area contributed by atoms with Crippen LogP contribution in [0.5, 0.6) is 0 Å². The molecule has 2 rings (SSSR count). The first kappa shape index (κ1) is 13.9.